The summed E-state index contributed by atoms with van der Waals surface area (Å²) >= 11 is 0. The topological polar surface area (TPSA) is 77.7 Å². The molecule has 1 aliphatic heterocycles. The number of hydrogen-bond acceptors (Lipinski definition) is 4. The summed E-state index contributed by atoms with van der Waals surface area (Å²) in [6.07, 6.45) is 6.44. The Hall–Kier alpha value is -1.65. The van der Waals surface area contributed by atoms with Gasteiger partial charge in [-0.3, -0.25) is 9.58 Å². The molecule has 7 nitrogen and oxygen atoms in total. The first kappa shape index (κ1) is 24.6. The van der Waals surface area contributed by atoms with Crippen LogP contribution in [0.2, 0.25) is 0 Å². The molecule has 2 aromatic rings. The number of halogens is 1. The minimum atomic E-state index is -0.114. The average Bonchev–Trinajstić information content (AvgIpc) is 3.25. The molecule has 1 saturated heterocycles. The smallest absolute Gasteiger partial charge is 0.191 e. The molecule has 30 heavy (non-hydrogen) atoms. The van der Waals surface area contributed by atoms with Gasteiger partial charge in [0.25, 0.3) is 0 Å². The van der Waals surface area contributed by atoms with Gasteiger partial charge in [-0.2, -0.15) is 5.10 Å². The van der Waals surface area contributed by atoms with E-state index < -0.39 is 0 Å². The van der Waals surface area contributed by atoms with Crippen molar-refractivity contribution in [3.05, 3.63) is 53.9 Å². The molecular weight excluding hydrogens is 491 g/mol. The van der Waals surface area contributed by atoms with E-state index in [1.807, 2.05) is 16.9 Å². The van der Waals surface area contributed by atoms with E-state index in [0.717, 1.165) is 64.5 Å². The van der Waals surface area contributed by atoms with E-state index in [0.29, 0.717) is 6.54 Å². The Bertz CT molecular complexity index is 727. The van der Waals surface area contributed by atoms with E-state index in [-0.39, 0.29) is 30.1 Å². The van der Waals surface area contributed by atoms with Crippen molar-refractivity contribution in [2.24, 2.45) is 4.99 Å². The van der Waals surface area contributed by atoms with E-state index in [9.17, 15) is 5.11 Å². The summed E-state index contributed by atoms with van der Waals surface area (Å²) in [5.74, 6) is 0.851. The van der Waals surface area contributed by atoms with Gasteiger partial charge < -0.3 is 15.7 Å². The summed E-state index contributed by atoms with van der Waals surface area (Å²) < 4.78 is 1.94. The summed E-state index contributed by atoms with van der Waals surface area (Å²) in [5.41, 5.74) is 2.52. The lowest BCUT2D eigenvalue weighted by atomic mass is 10.1. The normalized spacial score (nSPS) is 15.6. The molecule has 1 aliphatic rings. The largest absolute Gasteiger partial charge is 0.393 e. The minimum Gasteiger partial charge on any atom is -0.393 e. The van der Waals surface area contributed by atoms with Crippen molar-refractivity contribution in [2.45, 2.75) is 51.9 Å². The number of guanidine groups is 1. The fraction of sp³-hybridized carbons (Fsp3) is 0.545. The van der Waals surface area contributed by atoms with Crippen LogP contribution in [0.3, 0.4) is 0 Å². The monoisotopic (exact) mass is 526 g/mol. The highest BCUT2D eigenvalue weighted by Crippen LogP contribution is 2.14. The van der Waals surface area contributed by atoms with E-state index in [1.165, 1.54) is 11.1 Å². The average molecular weight is 526 g/mol. The summed E-state index contributed by atoms with van der Waals surface area (Å²) in [6, 6.07) is 10.7. The highest BCUT2D eigenvalue weighted by molar-refractivity contribution is 14.0. The summed E-state index contributed by atoms with van der Waals surface area (Å²) in [6.45, 7) is 8.24. The number of likely N-dealkylation sites (tertiary alicyclic amines) is 1. The third-order valence-corrected chi connectivity index (χ3v) is 5.17. The SMILES string of the molecule is CCNC(=NCc1ccc(CN2CCC(O)CC2)cc1)NCCCn1cccn1.I. The molecule has 0 atom stereocenters. The van der Waals surface area contributed by atoms with Crippen LogP contribution in [0, 0.1) is 0 Å². The van der Waals surface area contributed by atoms with Gasteiger partial charge in [0, 0.05) is 51.7 Å². The Kier molecular flexibility index (Phi) is 11.2. The van der Waals surface area contributed by atoms with E-state index in [2.05, 4.69) is 51.8 Å². The van der Waals surface area contributed by atoms with Gasteiger partial charge in [0.15, 0.2) is 5.96 Å². The number of aryl methyl sites for hydroxylation is 1. The molecular formula is C22H35IN6O. The van der Waals surface area contributed by atoms with Gasteiger partial charge >= 0.3 is 0 Å². The second-order valence-corrected chi connectivity index (χ2v) is 7.57. The van der Waals surface area contributed by atoms with Crippen LogP contribution in [0.1, 0.15) is 37.3 Å². The number of piperidine rings is 1. The second kappa shape index (κ2) is 13.6. The molecule has 8 heteroatoms. The summed E-state index contributed by atoms with van der Waals surface area (Å²) in [5, 5.41) is 20.5. The number of benzene rings is 1. The zero-order chi connectivity index (χ0) is 20.3. The van der Waals surface area contributed by atoms with Crippen LogP contribution < -0.4 is 10.6 Å². The van der Waals surface area contributed by atoms with Gasteiger partial charge in [0.1, 0.15) is 0 Å². The van der Waals surface area contributed by atoms with Crippen molar-refractivity contribution in [2.75, 3.05) is 26.2 Å². The lowest BCUT2D eigenvalue weighted by Crippen LogP contribution is -2.38. The standard InChI is InChI=1S/C22H34N6O.HI/c1-2-23-22(24-11-3-13-28-14-4-12-26-28)25-17-19-5-7-20(8-6-19)18-27-15-9-21(29)10-16-27;/h4-8,12,14,21,29H,2-3,9-11,13,15-18H2,1H3,(H2,23,24,25);1H. The van der Waals surface area contributed by atoms with Crippen molar-refractivity contribution in [3.8, 4) is 0 Å². The first-order chi connectivity index (χ1) is 14.2. The van der Waals surface area contributed by atoms with Crippen LogP contribution in [0.4, 0.5) is 0 Å². The first-order valence-electron chi connectivity index (χ1n) is 10.7. The maximum Gasteiger partial charge on any atom is 0.191 e. The van der Waals surface area contributed by atoms with Crippen molar-refractivity contribution in [1.82, 2.24) is 25.3 Å². The second-order valence-electron chi connectivity index (χ2n) is 7.57. The maximum atomic E-state index is 9.63. The highest BCUT2D eigenvalue weighted by atomic mass is 127. The zero-order valence-corrected chi connectivity index (χ0v) is 20.2. The number of aliphatic imine (C=N–C) groups is 1. The van der Waals surface area contributed by atoms with Crippen LogP contribution in [0.25, 0.3) is 0 Å². The summed E-state index contributed by atoms with van der Waals surface area (Å²) in [7, 11) is 0. The van der Waals surface area contributed by atoms with Crippen molar-refractivity contribution in [3.63, 3.8) is 0 Å². The predicted octanol–water partition coefficient (Wildman–Crippen LogP) is 2.60. The van der Waals surface area contributed by atoms with Crippen molar-refractivity contribution >= 4 is 29.9 Å². The number of aliphatic hydroxyl groups excluding tert-OH is 1. The van der Waals surface area contributed by atoms with Crippen LogP contribution in [-0.4, -0.2) is 58.0 Å². The molecule has 1 fully saturated rings. The molecule has 166 valence electrons. The minimum absolute atomic E-state index is 0. The molecule has 0 amide bonds. The third-order valence-electron chi connectivity index (χ3n) is 5.17. The van der Waals surface area contributed by atoms with E-state index in [1.54, 1.807) is 6.20 Å². The number of aromatic nitrogens is 2. The summed E-state index contributed by atoms with van der Waals surface area (Å²) in [4.78, 5) is 7.12. The Morgan fingerprint density at radius 1 is 1.17 bits per heavy atom. The molecule has 0 bridgehead atoms. The lowest BCUT2D eigenvalue weighted by molar-refractivity contribution is 0.0792. The van der Waals surface area contributed by atoms with Gasteiger partial charge in [0.05, 0.1) is 12.6 Å². The molecule has 0 saturated carbocycles. The van der Waals surface area contributed by atoms with Crippen LogP contribution >= 0.6 is 24.0 Å². The maximum absolute atomic E-state index is 9.63. The fourth-order valence-corrected chi connectivity index (χ4v) is 3.48. The molecule has 0 spiro atoms. The van der Waals surface area contributed by atoms with Gasteiger partial charge in [0.2, 0.25) is 0 Å². The van der Waals surface area contributed by atoms with Crippen LogP contribution in [-0.2, 0) is 19.6 Å². The molecule has 3 N–H and O–H groups in total. The fourth-order valence-electron chi connectivity index (χ4n) is 3.48. The molecule has 3 rings (SSSR count). The van der Waals surface area contributed by atoms with E-state index >= 15 is 0 Å². The number of aliphatic hydroxyl groups is 1. The van der Waals surface area contributed by atoms with Crippen molar-refractivity contribution in [1.29, 1.82) is 0 Å². The third kappa shape index (κ3) is 8.61. The number of hydrogen-bond donors (Lipinski definition) is 3. The number of nitrogens with zero attached hydrogens (tertiary/aromatic N) is 4. The molecule has 0 aliphatic carbocycles. The number of nitrogens with one attached hydrogen (secondary N) is 2. The van der Waals surface area contributed by atoms with Crippen molar-refractivity contribution < 1.29 is 5.11 Å². The van der Waals surface area contributed by atoms with Gasteiger partial charge in [-0.05, 0) is 43.4 Å². The Balaban J connectivity index is 0.00000320. The van der Waals surface area contributed by atoms with Gasteiger partial charge in [-0.25, -0.2) is 4.99 Å². The van der Waals surface area contributed by atoms with Gasteiger partial charge in [-0.1, -0.05) is 24.3 Å². The Labute approximate surface area is 197 Å². The van der Waals surface area contributed by atoms with E-state index in [4.69, 9.17) is 4.99 Å². The predicted molar refractivity (Wildman–Crippen MR) is 132 cm³/mol. The highest BCUT2D eigenvalue weighted by Gasteiger charge is 2.16. The Morgan fingerprint density at radius 3 is 2.57 bits per heavy atom. The number of rotatable bonds is 9. The zero-order valence-electron chi connectivity index (χ0n) is 17.8. The van der Waals surface area contributed by atoms with Crippen LogP contribution in [0.15, 0.2) is 47.7 Å². The van der Waals surface area contributed by atoms with Crippen LogP contribution in [0.5, 0.6) is 0 Å². The van der Waals surface area contributed by atoms with Gasteiger partial charge in [-0.15, -0.1) is 24.0 Å². The molecule has 2 heterocycles. The molecule has 1 aromatic carbocycles. The lowest BCUT2D eigenvalue weighted by Gasteiger charge is -2.29. The Morgan fingerprint density at radius 2 is 1.90 bits per heavy atom. The molecule has 0 radical (unpaired) electrons. The first-order valence-corrected chi connectivity index (χ1v) is 10.7. The molecule has 1 aromatic heterocycles. The molecule has 0 unspecified atom stereocenters. The quantitative estimate of drug-likeness (QED) is 0.203.